The van der Waals surface area contributed by atoms with Crippen molar-refractivity contribution in [1.29, 1.82) is 0 Å². The number of para-hydroxylation sites is 1. The summed E-state index contributed by atoms with van der Waals surface area (Å²) in [6.45, 7) is -1.63. The number of amides is 4. The molecule has 0 aromatic heterocycles. The van der Waals surface area contributed by atoms with E-state index in [0.717, 1.165) is 0 Å². The molecular formula is C18H15F2N3O4. The molecule has 27 heavy (non-hydrogen) atoms. The molecule has 1 saturated heterocycles. The van der Waals surface area contributed by atoms with E-state index in [1.807, 2.05) is 0 Å². The van der Waals surface area contributed by atoms with E-state index in [1.54, 1.807) is 30.3 Å². The van der Waals surface area contributed by atoms with Gasteiger partial charge in [0.2, 0.25) is 0 Å². The smallest absolute Gasteiger partial charge is 0.387 e. The molecule has 1 aliphatic heterocycles. The Morgan fingerprint density at radius 2 is 1.74 bits per heavy atom. The summed E-state index contributed by atoms with van der Waals surface area (Å²) in [5.74, 6) is -2.02. The van der Waals surface area contributed by atoms with Gasteiger partial charge in [-0.05, 0) is 24.6 Å². The molecule has 0 radical (unpaired) electrons. The van der Waals surface area contributed by atoms with E-state index in [4.69, 9.17) is 0 Å². The van der Waals surface area contributed by atoms with Crippen molar-refractivity contribution in [2.24, 2.45) is 0 Å². The Kier molecular flexibility index (Phi) is 4.76. The molecule has 3 rings (SSSR count). The Balaban J connectivity index is 1.83. The second kappa shape index (κ2) is 7.02. The normalized spacial score (nSPS) is 19.2. The van der Waals surface area contributed by atoms with Crippen LogP contribution in [0.1, 0.15) is 22.8 Å². The zero-order chi connectivity index (χ0) is 19.6. The van der Waals surface area contributed by atoms with Gasteiger partial charge < -0.3 is 10.1 Å². The van der Waals surface area contributed by atoms with Crippen molar-refractivity contribution < 1.29 is 27.9 Å². The van der Waals surface area contributed by atoms with Crippen molar-refractivity contribution in [2.75, 3.05) is 0 Å². The van der Waals surface area contributed by atoms with E-state index >= 15 is 0 Å². The number of rotatable bonds is 5. The predicted molar refractivity (Wildman–Crippen MR) is 89.7 cm³/mol. The van der Waals surface area contributed by atoms with Crippen LogP contribution in [0.4, 0.5) is 13.6 Å². The molecule has 7 nitrogen and oxygen atoms in total. The number of halogens is 2. The molecule has 4 amide bonds. The number of nitrogens with zero attached hydrogens (tertiary/aromatic N) is 1. The van der Waals surface area contributed by atoms with Crippen LogP contribution >= 0.6 is 0 Å². The summed E-state index contributed by atoms with van der Waals surface area (Å²) in [5, 5.41) is 3.04. The number of imide groups is 1. The second-order valence-corrected chi connectivity index (χ2v) is 5.88. The largest absolute Gasteiger partial charge is 0.434 e. The lowest BCUT2D eigenvalue weighted by Crippen LogP contribution is -2.48. The second-order valence-electron chi connectivity index (χ2n) is 5.88. The molecule has 0 saturated carbocycles. The van der Waals surface area contributed by atoms with Gasteiger partial charge in [-0.25, -0.2) is 4.79 Å². The average Bonchev–Trinajstić information content (AvgIpc) is 2.86. The summed E-state index contributed by atoms with van der Waals surface area (Å²) in [6, 6.07) is 12.9. The molecule has 1 heterocycles. The van der Waals surface area contributed by atoms with Gasteiger partial charge in [0.05, 0.1) is 5.56 Å². The first-order valence-electron chi connectivity index (χ1n) is 7.90. The molecule has 0 bridgehead atoms. The molecule has 2 aromatic rings. The standard InChI is InChI=1S/C18H15F2N3O4/c1-18(11-7-3-2-4-8-11)15(25)23(17(26)21-18)22-14(24)12-9-5-6-10-13(12)27-16(19)20/h2-10,16H,1H3,(H,21,26)(H,22,24). The molecule has 1 unspecified atom stereocenters. The van der Waals surface area contributed by atoms with Crippen LogP contribution in [0.2, 0.25) is 0 Å². The number of hydrazine groups is 1. The van der Waals surface area contributed by atoms with E-state index in [1.165, 1.54) is 31.2 Å². The highest BCUT2D eigenvalue weighted by molar-refractivity contribution is 6.09. The van der Waals surface area contributed by atoms with E-state index in [2.05, 4.69) is 15.5 Å². The number of urea groups is 1. The molecule has 9 heteroatoms. The summed E-state index contributed by atoms with van der Waals surface area (Å²) >= 11 is 0. The van der Waals surface area contributed by atoms with E-state index in [-0.39, 0.29) is 11.3 Å². The number of carbonyl (C=O) groups excluding carboxylic acids is 3. The van der Waals surface area contributed by atoms with Crippen molar-refractivity contribution in [3.8, 4) is 5.75 Å². The molecule has 1 fully saturated rings. The minimum absolute atomic E-state index is 0.244. The zero-order valence-corrected chi connectivity index (χ0v) is 14.1. The third kappa shape index (κ3) is 3.43. The summed E-state index contributed by atoms with van der Waals surface area (Å²) in [5.41, 5.74) is 1.06. The lowest BCUT2D eigenvalue weighted by Gasteiger charge is -2.22. The van der Waals surface area contributed by atoms with Crippen molar-refractivity contribution in [3.63, 3.8) is 0 Å². The molecule has 2 N–H and O–H groups in total. The lowest BCUT2D eigenvalue weighted by atomic mass is 9.92. The van der Waals surface area contributed by atoms with Gasteiger partial charge in [-0.3, -0.25) is 15.0 Å². The summed E-state index contributed by atoms with van der Waals surface area (Å²) in [4.78, 5) is 37.4. The Morgan fingerprint density at radius 3 is 2.41 bits per heavy atom. The molecule has 1 aliphatic rings. The monoisotopic (exact) mass is 375 g/mol. The number of hydrogen-bond acceptors (Lipinski definition) is 4. The Hall–Kier alpha value is -3.49. The van der Waals surface area contributed by atoms with Crippen LogP contribution < -0.4 is 15.5 Å². The van der Waals surface area contributed by atoms with Crippen molar-refractivity contribution in [3.05, 3.63) is 65.7 Å². The molecule has 1 atom stereocenters. The highest BCUT2D eigenvalue weighted by Crippen LogP contribution is 2.28. The summed E-state index contributed by atoms with van der Waals surface area (Å²) in [7, 11) is 0. The first-order valence-corrected chi connectivity index (χ1v) is 7.90. The van der Waals surface area contributed by atoms with Crippen molar-refractivity contribution in [2.45, 2.75) is 19.1 Å². The minimum Gasteiger partial charge on any atom is -0.434 e. The van der Waals surface area contributed by atoms with Gasteiger partial charge in [0.1, 0.15) is 11.3 Å². The van der Waals surface area contributed by atoms with Crippen molar-refractivity contribution in [1.82, 2.24) is 15.8 Å². The van der Waals surface area contributed by atoms with Crippen LogP contribution in [0.5, 0.6) is 5.75 Å². The van der Waals surface area contributed by atoms with Gasteiger partial charge >= 0.3 is 12.6 Å². The summed E-state index contributed by atoms with van der Waals surface area (Å²) in [6.07, 6.45) is 0. The van der Waals surface area contributed by atoms with Gasteiger partial charge in [-0.15, -0.1) is 0 Å². The Morgan fingerprint density at radius 1 is 1.11 bits per heavy atom. The maximum atomic E-state index is 12.7. The Labute approximate surface area is 152 Å². The first kappa shape index (κ1) is 18.3. The quantitative estimate of drug-likeness (QED) is 0.786. The maximum absolute atomic E-state index is 12.7. The molecule has 140 valence electrons. The Bertz CT molecular complexity index is 891. The number of benzene rings is 2. The fourth-order valence-electron chi connectivity index (χ4n) is 2.72. The number of carbonyl (C=O) groups is 3. The van der Waals surface area contributed by atoms with Gasteiger partial charge in [-0.2, -0.15) is 13.8 Å². The minimum atomic E-state index is -3.13. The van der Waals surface area contributed by atoms with Crippen LogP contribution in [0, 0.1) is 0 Å². The van der Waals surface area contributed by atoms with Crippen LogP contribution in [0.15, 0.2) is 54.6 Å². The SMILES string of the molecule is CC1(c2ccccc2)NC(=O)N(NC(=O)c2ccccc2OC(F)F)C1=O. The highest BCUT2D eigenvalue weighted by atomic mass is 19.3. The highest BCUT2D eigenvalue weighted by Gasteiger charge is 2.50. The maximum Gasteiger partial charge on any atom is 0.387 e. The van der Waals surface area contributed by atoms with E-state index in [9.17, 15) is 23.2 Å². The predicted octanol–water partition coefficient (Wildman–Crippen LogP) is 2.40. The fourth-order valence-corrected chi connectivity index (χ4v) is 2.72. The van der Waals surface area contributed by atoms with Crippen LogP contribution in [0.3, 0.4) is 0 Å². The molecular weight excluding hydrogens is 360 g/mol. The number of alkyl halides is 2. The number of nitrogens with one attached hydrogen (secondary N) is 2. The van der Waals surface area contributed by atoms with Crippen molar-refractivity contribution >= 4 is 17.8 Å². The number of hydrogen-bond donors (Lipinski definition) is 2. The molecule has 2 aromatic carbocycles. The van der Waals surface area contributed by atoms with Gasteiger partial charge in [0, 0.05) is 0 Å². The van der Waals surface area contributed by atoms with Gasteiger partial charge in [0.25, 0.3) is 11.8 Å². The van der Waals surface area contributed by atoms with Crippen LogP contribution in [-0.2, 0) is 10.3 Å². The van der Waals surface area contributed by atoms with E-state index < -0.39 is 30.0 Å². The summed E-state index contributed by atoms with van der Waals surface area (Å²) < 4.78 is 29.3. The third-order valence-corrected chi connectivity index (χ3v) is 4.10. The van der Waals surface area contributed by atoms with Gasteiger partial charge in [0.15, 0.2) is 0 Å². The topological polar surface area (TPSA) is 87.7 Å². The number of ether oxygens (including phenoxy) is 1. The molecule has 0 aliphatic carbocycles. The lowest BCUT2D eigenvalue weighted by molar-refractivity contribution is -0.132. The third-order valence-electron chi connectivity index (χ3n) is 4.10. The fraction of sp³-hybridized carbons (Fsp3) is 0.167. The average molecular weight is 375 g/mol. The van der Waals surface area contributed by atoms with Crippen LogP contribution in [-0.4, -0.2) is 29.5 Å². The van der Waals surface area contributed by atoms with E-state index in [0.29, 0.717) is 10.6 Å². The van der Waals surface area contributed by atoms with Crippen LogP contribution in [0.25, 0.3) is 0 Å². The first-order chi connectivity index (χ1) is 12.8. The zero-order valence-electron chi connectivity index (χ0n) is 14.1. The van der Waals surface area contributed by atoms with Gasteiger partial charge in [-0.1, -0.05) is 42.5 Å². The molecule has 0 spiro atoms.